The Balaban J connectivity index is 2.34. The first-order chi connectivity index (χ1) is 11.8. The first kappa shape index (κ1) is 19.3. The summed E-state index contributed by atoms with van der Waals surface area (Å²) in [7, 11) is 3.74. The topological polar surface area (TPSA) is 97.4 Å². The summed E-state index contributed by atoms with van der Waals surface area (Å²) in [4.78, 5) is 9.21. The van der Waals surface area contributed by atoms with E-state index in [0.29, 0.717) is 25.1 Å². The Labute approximate surface area is 150 Å². The minimum absolute atomic E-state index is 0.370. The summed E-state index contributed by atoms with van der Waals surface area (Å²) < 4.78 is 0. The molecule has 0 saturated heterocycles. The van der Waals surface area contributed by atoms with Gasteiger partial charge in [0.25, 0.3) is 0 Å². The fraction of sp³-hybridized carbons (Fsp3) is 0.647. The van der Waals surface area contributed by atoms with Crippen LogP contribution in [0, 0.1) is 0 Å². The number of nitrogens with one attached hydrogen (secondary N) is 4. The van der Waals surface area contributed by atoms with Crippen molar-refractivity contribution >= 4 is 17.5 Å². The number of rotatable bonds is 8. The zero-order valence-corrected chi connectivity index (χ0v) is 16.1. The third kappa shape index (κ3) is 4.96. The fourth-order valence-corrected chi connectivity index (χ4v) is 2.51. The van der Waals surface area contributed by atoms with Crippen LogP contribution in [0.2, 0.25) is 0 Å². The minimum atomic E-state index is -0.836. The van der Waals surface area contributed by atoms with E-state index in [2.05, 4.69) is 50.2 Å². The van der Waals surface area contributed by atoms with E-state index in [0.717, 1.165) is 29.2 Å². The largest absolute Gasteiger partial charge is 0.389 e. The lowest BCUT2D eigenvalue weighted by Gasteiger charge is -2.32. The number of aliphatic hydroxyl groups is 1. The number of anilines is 2. The van der Waals surface area contributed by atoms with Gasteiger partial charge in [-0.1, -0.05) is 6.92 Å². The molecule has 5 N–H and O–H groups in total. The molecule has 140 valence electrons. The van der Waals surface area contributed by atoms with E-state index in [-0.39, 0.29) is 0 Å². The Morgan fingerprint density at radius 3 is 2.56 bits per heavy atom. The molecular weight excluding hydrogens is 318 g/mol. The summed E-state index contributed by atoms with van der Waals surface area (Å²) in [6.07, 6.45) is 3.07. The molecule has 1 aromatic rings. The molecule has 25 heavy (non-hydrogen) atoms. The highest BCUT2D eigenvalue weighted by molar-refractivity contribution is 5.70. The Bertz CT molecular complexity index is 624. The van der Waals surface area contributed by atoms with E-state index in [1.165, 1.54) is 0 Å². The lowest BCUT2D eigenvalue weighted by molar-refractivity contribution is 0.0943. The van der Waals surface area contributed by atoms with Gasteiger partial charge in [0.1, 0.15) is 11.5 Å². The van der Waals surface area contributed by atoms with Crippen LogP contribution < -0.4 is 21.4 Å². The Morgan fingerprint density at radius 2 is 2.00 bits per heavy atom. The first-order valence-electron chi connectivity index (χ1n) is 8.75. The van der Waals surface area contributed by atoms with Gasteiger partial charge in [-0.05, 0) is 27.2 Å². The van der Waals surface area contributed by atoms with Gasteiger partial charge in [0.15, 0.2) is 0 Å². The molecule has 0 unspecified atom stereocenters. The van der Waals surface area contributed by atoms with Crippen molar-refractivity contribution in [1.82, 2.24) is 25.7 Å². The molecule has 8 heteroatoms. The molecule has 0 aliphatic carbocycles. The van der Waals surface area contributed by atoms with Crippen molar-refractivity contribution in [3.05, 3.63) is 17.5 Å². The van der Waals surface area contributed by atoms with E-state index < -0.39 is 5.60 Å². The number of aromatic nitrogens is 2. The SMILES string of the molecule is CC[C@H](C)NN1C=C(NC)c2nc(NCC(C)(C)O)nc(NC)c2C1. The quantitative estimate of drug-likeness (QED) is 0.480. The average molecular weight is 349 g/mol. The predicted octanol–water partition coefficient (Wildman–Crippen LogP) is 1.34. The molecule has 1 aliphatic heterocycles. The van der Waals surface area contributed by atoms with Crippen molar-refractivity contribution in [2.45, 2.75) is 52.3 Å². The van der Waals surface area contributed by atoms with Crippen LogP contribution in [-0.4, -0.2) is 52.4 Å². The zero-order valence-electron chi connectivity index (χ0n) is 16.1. The molecule has 2 heterocycles. The molecule has 0 radical (unpaired) electrons. The van der Waals surface area contributed by atoms with Gasteiger partial charge in [0.2, 0.25) is 5.95 Å². The van der Waals surface area contributed by atoms with Crippen molar-refractivity contribution in [2.24, 2.45) is 0 Å². The van der Waals surface area contributed by atoms with Gasteiger partial charge in [-0.25, -0.2) is 10.4 Å². The molecule has 2 rings (SSSR count). The van der Waals surface area contributed by atoms with Gasteiger partial charge in [-0.15, -0.1) is 0 Å². The second-order valence-electron chi connectivity index (χ2n) is 7.00. The normalized spacial score (nSPS) is 15.3. The van der Waals surface area contributed by atoms with Crippen LogP contribution in [0.1, 0.15) is 45.4 Å². The van der Waals surface area contributed by atoms with Crippen molar-refractivity contribution in [1.29, 1.82) is 0 Å². The van der Waals surface area contributed by atoms with Gasteiger partial charge in [0, 0.05) is 38.4 Å². The van der Waals surface area contributed by atoms with Crippen molar-refractivity contribution in [3.63, 3.8) is 0 Å². The van der Waals surface area contributed by atoms with Crippen molar-refractivity contribution in [2.75, 3.05) is 31.3 Å². The standard InChI is InChI=1S/C17H31N7O/c1-7-11(2)23-24-8-12-14(13(9-24)18-5)21-16(22-15(12)19-6)20-10-17(3,4)25/h9,11,18,23,25H,7-8,10H2,1-6H3,(H2,19,20,21,22)/t11-/m0/s1. The van der Waals surface area contributed by atoms with Crippen LogP contribution in [0.25, 0.3) is 5.70 Å². The lowest BCUT2D eigenvalue weighted by Crippen LogP contribution is -2.42. The third-order valence-electron chi connectivity index (χ3n) is 4.06. The van der Waals surface area contributed by atoms with Crippen molar-refractivity contribution in [3.8, 4) is 0 Å². The van der Waals surface area contributed by atoms with Crippen LogP contribution in [0.5, 0.6) is 0 Å². The Kier molecular flexibility index (Phi) is 6.07. The fourth-order valence-electron chi connectivity index (χ4n) is 2.51. The second kappa shape index (κ2) is 7.88. The maximum atomic E-state index is 9.91. The van der Waals surface area contributed by atoms with E-state index in [4.69, 9.17) is 0 Å². The molecule has 8 nitrogen and oxygen atoms in total. The maximum absolute atomic E-state index is 9.91. The van der Waals surface area contributed by atoms with Crippen LogP contribution in [0.4, 0.5) is 11.8 Å². The number of hydrogen-bond acceptors (Lipinski definition) is 8. The number of fused-ring (bicyclic) bond motifs is 1. The molecule has 0 saturated carbocycles. The molecule has 1 aliphatic rings. The van der Waals surface area contributed by atoms with E-state index in [1.54, 1.807) is 13.8 Å². The maximum Gasteiger partial charge on any atom is 0.225 e. The number of hydrazine groups is 1. The minimum Gasteiger partial charge on any atom is -0.389 e. The highest BCUT2D eigenvalue weighted by atomic mass is 16.3. The predicted molar refractivity (Wildman–Crippen MR) is 102 cm³/mol. The van der Waals surface area contributed by atoms with Crippen LogP contribution >= 0.6 is 0 Å². The number of nitrogens with zero attached hydrogens (tertiary/aromatic N) is 3. The van der Waals surface area contributed by atoms with E-state index >= 15 is 0 Å². The van der Waals surface area contributed by atoms with E-state index in [9.17, 15) is 5.11 Å². The van der Waals surface area contributed by atoms with Gasteiger partial charge < -0.3 is 26.1 Å². The molecule has 1 aromatic heterocycles. The zero-order chi connectivity index (χ0) is 18.6. The molecule has 0 aromatic carbocycles. The summed E-state index contributed by atoms with van der Waals surface area (Å²) >= 11 is 0. The highest BCUT2D eigenvalue weighted by Gasteiger charge is 2.24. The van der Waals surface area contributed by atoms with Crippen LogP contribution in [-0.2, 0) is 6.54 Å². The average Bonchev–Trinajstić information content (AvgIpc) is 2.57. The van der Waals surface area contributed by atoms with Crippen LogP contribution in [0.15, 0.2) is 6.20 Å². The molecule has 0 amide bonds. The third-order valence-corrected chi connectivity index (χ3v) is 4.06. The van der Waals surface area contributed by atoms with Gasteiger partial charge in [-0.3, -0.25) is 0 Å². The molecule has 0 bridgehead atoms. The monoisotopic (exact) mass is 349 g/mol. The smallest absolute Gasteiger partial charge is 0.225 e. The summed E-state index contributed by atoms with van der Waals surface area (Å²) in [6.45, 7) is 8.84. The summed E-state index contributed by atoms with van der Waals surface area (Å²) in [5, 5.41) is 21.5. The summed E-state index contributed by atoms with van der Waals surface area (Å²) in [6, 6.07) is 0.377. The summed E-state index contributed by atoms with van der Waals surface area (Å²) in [5.74, 6) is 1.27. The molecular formula is C17H31N7O. The number of hydrogen-bond donors (Lipinski definition) is 5. The molecule has 0 fully saturated rings. The molecule has 1 atom stereocenters. The summed E-state index contributed by atoms with van der Waals surface area (Å²) in [5.41, 5.74) is 5.44. The van der Waals surface area contributed by atoms with Crippen LogP contribution in [0.3, 0.4) is 0 Å². The first-order valence-corrected chi connectivity index (χ1v) is 8.75. The second-order valence-corrected chi connectivity index (χ2v) is 7.00. The van der Waals surface area contributed by atoms with Crippen molar-refractivity contribution < 1.29 is 5.11 Å². The van der Waals surface area contributed by atoms with Gasteiger partial charge in [0.05, 0.1) is 17.8 Å². The van der Waals surface area contributed by atoms with Gasteiger partial charge in [-0.2, -0.15) is 4.98 Å². The lowest BCUT2D eigenvalue weighted by atomic mass is 10.1. The Morgan fingerprint density at radius 1 is 1.28 bits per heavy atom. The Hall–Kier alpha value is -2.06. The highest BCUT2D eigenvalue weighted by Crippen LogP contribution is 2.28. The van der Waals surface area contributed by atoms with Gasteiger partial charge >= 0.3 is 0 Å². The van der Waals surface area contributed by atoms with E-state index in [1.807, 2.05) is 20.3 Å². The molecule has 0 spiro atoms.